The molecule has 2 fully saturated rings. The van der Waals surface area contributed by atoms with Crippen LogP contribution in [0.15, 0.2) is 29.2 Å². The topological polar surface area (TPSA) is 20.3 Å². The first-order valence-corrected chi connectivity index (χ1v) is 9.26. The minimum atomic E-state index is 0.128. The zero-order valence-electron chi connectivity index (χ0n) is 12.5. The molecule has 4 rings (SSSR count). The number of hydrogen-bond acceptors (Lipinski definition) is 2. The number of fused-ring (bicyclic) bond motifs is 2. The Morgan fingerprint density at radius 2 is 1.90 bits per heavy atom. The van der Waals surface area contributed by atoms with Crippen LogP contribution in [-0.4, -0.2) is 28.6 Å². The molecule has 1 saturated heterocycles. The second-order valence-electron chi connectivity index (χ2n) is 6.70. The van der Waals surface area contributed by atoms with Gasteiger partial charge in [0.2, 0.25) is 5.91 Å². The Hall–Kier alpha value is -0.960. The van der Waals surface area contributed by atoms with E-state index in [9.17, 15) is 4.79 Å². The Labute approximate surface area is 131 Å². The normalized spacial score (nSPS) is 31.6. The molecule has 3 atom stereocenters. The fourth-order valence-electron chi connectivity index (χ4n) is 4.40. The first-order valence-electron chi connectivity index (χ1n) is 8.38. The molecular weight excluding hydrogens is 278 g/mol. The maximum atomic E-state index is 13.0. The lowest BCUT2D eigenvalue weighted by molar-refractivity contribution is -0.136. The van der Waals surface area contributed by atoms with Crippen LogP contribution in [0.3, 0.4) is 0 Å². The summed E-state index contributed by atoms with van der Waals surface area (Å²) in [5, 5.41) is 0.128. The summed E-state index contributed by atoms with van der Waals surface area (Å²) in [5.74, 6) is 1.19. The minimum Gasteiger partial charge on any atom is -0.338 e. The molecule has 0 radical (unpaired) electrons. The van der Waals surface area contributed by atoms with Gasteiger partial charge in [0.25, 0.3) is 0 Å². The molecule has 2 aliphatic heterocycles. The first kappa shape index (κ1) is 13.7. The summed E-state index contributed by atoms with van der Waals surface area (Å²) in [5.41, 5.74) is 1.36. The minimum absolute atomic E-state index is 0.128. The molecule has 0 spiro atoms. The maximum Gasteiger partial charge on any atom is 0.236 e. The van der Waals surface area contributed by atoms with E-state index < -0.39 is 0 Å². The highest BCUT2D eigenvalue weighted by molar-refractivity contribution is 8.01. The summed E-state index contributed by atoms with van der Waals surface area (Å²) < 4.78 is 0. The summed E-state index contributed by atoms with van der Waals surface area (Å²) in [6, 6.07) is 9.05. The van der Waals surface area contributed by atoms with E-state index in [4.69, 9.17) is 0 Å². The Morgan fingerprint density at radius 3 is 2.81 bits per heavy atom. The fraction of sp³-hybridized carbons (Fsp3) is 0.611. The van der Waals surface area contributed by atoms with Gasteiger partial charge in [-0.25, -0.2) is 0 Å². The van der Waals surface area contributed by atoms with E-state index in [-0.39, 0.29) is 5.25 Å². The number of carbonyl (C=O) groups is 1. The molecule has 0 aromatic heterocycles. The number of hydrogen-bond donors (Lipinski definition) is 0. The Kier molecular flexibility index (Phi) is 3.70. The van der Waals surface area contributed by atoms with E-state index in [1.807, 2.05) is 0 Å². The van der Waals surface area contributed by atoms with Crippen molar-refractivity contribution in [3.63, 3.8) is 0 Å². The Morgan fingerprint density at radius 1 is 1.10 bits per heavy atom. The zero-order valence-corrected chi connectivity index (χ0v) is 13.3. The molecule has 3 aliphatic rings. The molecule has 1 aliphatic carbocycles. The highest BCUT2D eigenvalue weighted by Crippen LogP contribution is 2.40. The van der Waals surface area contributed by atoms with E-state index in [0.717, 1.165) is 18.9 Å². The number of amides is 1. The van der Waals surface area contributed by atoms with Crippen molar-refractivity contribution in [2.24, 2.45) is 5.92 Å². The summed E-state index contributed by atoms with van der Waals surface area (Å²) in [6.45, 7) is 0.993. The zero-order chi connectivity index (χ0) is 14.2. The quantitative estimate of drug-likeness (QED) is 0.784. The largest absolute Gasteiger partial charge is 0.338 e. The molecule has 2 heterocycles. The third-order valence-electron chi connectivity index (χ3n) is 5.45. The third-order valence-corrected chi connectivity index (χ3v) is 6.75. The highest BCUT2D eigenvalue weighted by atomic mass is 32.2. The number of carbonyl (C=O) groups excluding carboxylic acids is 1. The second-order valence-corrected chi connectivity index (χ2v) is 7.95. The van der Waals surface area contributed by atoms with Crippen LogP contribution in [-0.2, 0) is 11.2 Å². The fourth-order valence-corrected chi connectivity index (χ4v) is 5.67. The molecule has 0 bridgehead atoms. The van der Waals surface area contributed by atoms with Crippen LogP contribution < -0.4 is 0 Å². The van der Waals surface area contributed by atoms with Gasteiger partial charge >= 0.3 is 0 Å². The van der Waals surface area contributed by atoms with E-state index >= 15 is 0 Å². The van der Waals surface area contributed by atoms with Crippen molar-refractivity contribution in [3.8, 4) is 0 Å². The third kappa shape index (κ3) is 2.50. The Bertz CT molecular complexity index is 517. The molecule has 21 heavy (non-hydrogen) atoms. The summed E-state index contributed by atoms with van der Waals surface area (Å²) in [4.78, 5) is 16.6. The lowest BCUT2D eigenvalue weighted by atomic mass is 9.78. The monoisotopic (exact) mass is 301 g/mol. The van der Waals surface area contributed by atoms with Gasteiger partial charge in [-0.05, 0) is 49.7 Å². The van der Waals surface area contributed by atoms with E-state index in [0.29, 0.717) is 11.9 Å². The van der Waals surface area contributed by atoms with Crippen LogP contribution in [0.25, 0.3) is 0 Å². The van der Waals surface area contributed by atoms with Gasteiger partial charge in [0.05, 0.1) is 5.25 Å². The lowest BCUT2D eigenvalue weighted by Gasteiger charge is -2.44. The van der Waals surface area contributed by atoms with Gasteiger partial charge in [0.15, 0.2) is 0 Å². The average molecular weight is 301 g/mol. The predicted molar refractivity (Wildman–Crippen MR) is 86.5 cm³/mol. The van der Waals surface area contributed by atoms with E-state index in [1.165, 1.54) is 49.0 Å². The standard InChI is InChI=1S/C18H23NOS/c20-18(17-12-14-7-2-4-10-16(14)21-17)19-11-5-8-13-6-1-3-9-15(13)19/h2,4,7,10,13,15,17H,1,3,5-6,8-9,11-12H2. The Balaban J connectivity index is 1.50. The molecule has 112 valence electrons. The number of rotatable bonds is 1. The number of likely N-dealkylation sites (tertiary alicyclic amines) is 1. The number of thioether (sulfide) groups is 1. The molecule has 1 amide bonds. The number of piperidine rings is 1. The van der Waals surface area contributed by atoms with Crippen LogP contribution in [0.2, 0.25) is 0 Å². The van der Waals surface area contributed by atoms with Gasteiger partial charge in [-0.3, -0.25) is 4.79 Å². The van der Waals surface area contributed by atoms with Gasteiger partial charge in [-0.15, -0.1) is 11.8 Å². The molecule has 3 heteroatoms. The molecule has 1 saturated carbocycles. The van der Waals surface area contributed by atoms with Crippen molar-refractivity contribution in [2.75, 3.05) is 6.54 Å². The average Bonchev–Trinajstić information content (AvgIpc) is 2.97. The van der Waals surface area contributed by atoms with Crippen molar-refractivity contribution in [1.29, 1.82) is 0 Å². The summed E-state index contributed by atoms with van der Waals surface area (Å²) >= 11 is 1.79. The molecule has 2 nitrogen and oxygen atoms in total. The van der Waals surface area contributed by atoms with E-state index in [1.54, 1.807) is 11.8 Å². The van der Waals surface area contributed by atoms with Gasteiger partial charge in [0, 0.05) is 17.5 Å². The van der Waals surface area contributed by atoms with Crippen molar-refractivity contribution in [1.82, 2.24) is 4.90 Å². The van der Waals surface area contributed by atoms with Gasteiger partial charge in [0.1, 0.15) is 0 Å². The van der Waals surface area contributed by atoms with Gasteiger partial charge in [-0.1, -0.05) is 31.0 Å². The van der Waals surface area contributed by atoms with Gasteiger partial charge < -0.3 is 4.90 Å². The number of nitrogens with zero attached hydrogens (tertiary/aromatic N) is 1. The molecule has 3 unspecified atom stereocenters. The van der Waals surface area contributed by atoms with Crippen molar-refractivity contribution < 1.29 is 4.79 Å². The second kappa shape index (κ2) is 5.68. The predicted octanol–water partition coefficient (Wildman–Crippen LogP) is 3.88. The van der Waals surface area contributed by atoms with Crippen LogP contribution in [0, 0.1) is 5.92 Å². The van der Waals surface area contributed by atoms with Crippen molar-refractivity contribution in [3.05, 3.63) is 29.8 Å². The smallest absolute Gasteiger partial charge is 0.236 e. The van der Waals surface area contributed by atoms with Crippen LogP contribution in [0.4, 0.5) is 0 Å². The van der Waals surface area contributed by atoms with Crippen LogP contribution in [0.5, 0.6) is 0 Å². The van der Waals surface area contributed by atoms with E-state index in [2.05, 4.69) is 29.2 Å². The molecular formula is C18H23NOS. The SMILES string of the molecule is O=C(C1Cc2ccccc2S1)N1CCCC2CCCCC21. The molecule has 1 aromatic carbocycles. The highest BCUT2D eigenvalue weighted by Gasteiger charge is 2.39. The first-order chi connectivity index (χ1) is 10.3. The maximum absolute atomic E-state index is 13.0. The lowest BCUT2D eigenvalue weighted by Crippen LogP contribution is -2.52. The molecule has 0 N–H and O–H groups in total. The number of benzene rings is 1. The van der Waals surface area contributed by atoms with Crippen LogP contribution in [0.1, 0.15) is 44.1 Å². The van der Waals surface area contributed by atoms with Crippen molar-refractivity contribution in [2.45, 2.75) is 61.1 Å². The molecule has 1 aromatic rings. The summed E-state index contributed by atoms with van der Waals surface area (Å²) in [6.07, 6.45) is 8.72. The van der Waals surface area contributed by atoms with Crippen LogP contribution >= 0.6 is 11.8 Å². The summed E-state index contributed by atoms with van der Waals surface area (Å²) in [7, 11) is 0. The van der Waals surface area contributed by atoms with Gasteiger partial charge in [-0.2, -0.15) is 0 Å². The van der Waals surface area contributed by atoms with Crippen molar-refractivity contribution >= 4 is 17.7 Å².